The Morgan fingerprint density at radius 3 is 1.51 bits per heavy atom. The molecule has 4 aliphatic carbocycles. The number of carbonyl (C=O) groups excluding carboxylic acids is 4. The van der Waals surface area contributed by atoms with Crippen LogP contribution in [0.4, 0.5) is 0 Å². The number of hydrogen-bond donors (Lipinski definition) is 2. The second kappa shape index (κ2) is 19.3. The van der Waals surface area contributed by atoms with E-state index in [1.807, 2.05) is 38.1 Å². The van der Waals surface area contributed by atoms with E-state index in [0.29, 0.717) is 67.4 Å². The zero-order valence-electron chi connectivity index (χ0n) is 33.6. The minimum absolute atomic E-state index is 0.216. The molecule has 308 valence electrons. The molecule has 0 bridgehead atoms. The number of Topliss-reactive ketones (excluding diaryl/α,β-unsaturated/α-hetero) is 4. The summed E-state index contributed by atoms with van der Waals surface area (Å²) in [6.07, 6.45) is 7.88. The van der Waals surface area contributed by atoms with Crippen molar-refractivity contribution >= 4 is 55.0 Å². The summed E-state index contributed by atoms with van der Waals surface area (Å²) >= 11 is 6.70. The number of halogens is 2. The normalized spacial score (nSPS) is 15.1. The van der Waals surface area contributed by atoms with Crippen LogP contribution < -0.4 is 9.47 Å². The van der Waals surface area contributed by atoms with E-state index in [4.69, 9.17) is 19.1 Å². The van der Waals surface area contributed by atoms with E-state index < -0.39 is 0 Å². The molecule has 9 rings (SSSR count). The Bertz CT molecular complexity index is 2410. The molecule has 0 atom stereocenters. The van der Waals surface area contributed by atoms with Gasteiger partial charge >= 0.3 is 0 Å². The van der Waals surface area contributed by atoms with Gasteiger partial charge in [-0.05, 0) is 164 Å². The van der Waals surface area contributed by atoms with Crippen LogP contribution in [-0.2, 0) is 70.5 Å². The molecule has 4 aromatic carbocycles. The van der Waals surface area contributed by atoms with Crippen LogP contribution >= 0.6 is 31.9 Å². The zero-order valence-corrected chi connectivity index (χ0v) is 36.8. The average Bonchev–Trinajstić information content (AvgIpc) is 3.55. The van der Waals surface area contributed by atoms with Crippen molar-refractivity contribution < 1.29 is 43.4 Å². The molecule has 0 saturated heterocycles. The van der Waals surface area contributed by atoms with Crippen molar-refractivity contribution in [1.29, 1.82) is 0 Å². The molecule has 2 N–H and O–H groups in total. The largest absolute Gasteiger partial charge is 0.508 e. The van der Waals surface area contributed by atoms with Gasteiger partial charge in [-0.1, -0.05) is 11.2 Å². The lowest BCUT2D eigenvalue weighted by Crippen LogP contribution is -2.13. The number of aromatic nitrogens is 1. The summed E-state index contributed by atoms with van der Waals surface area (Å²) in [7, 11) is 3.28. The van der Waals surface area contributed by atoms with Crippen LogP contribution in [0.25, 0.3) is 11.1 Å². The van der Waals surface area contributed by atoms with Gasteiger partial charge in [0, 0.05) is 56.9 Å². The van der Waals surface area contributed by atoms with E-state index in [9.17, 15) is 24.3 Å². The van der Waals surface area contributed by atoms with Crippen molar-refractivity contribution in [2.45, 2.75) is 90.9 Å². The highest BCUT2D eigenvalue weighted by Crippen LogP contribution is 2.38. The second-order valence-electron chi connectivity index (χ2n) is 15.2. The third kappa shape index (κ3) is 10.8. The Morgan fingerprint density at radius 2 is 1.00 bits per heavy atom. The maximum absolute atomic E-state index is 11.6. The fourth-order valence-corrected chi connectivity index (χ4v) is 8.79. The van der Waals surface area contributed by atoms with Gasteiger partial charge in [0.25, 0.3) is 0 Å². The van der Waals surface area contributed by atoms with Crippen molar-refractivity contribution in [3.63, 3.8) is 0 Å². The minimum atomic E-state index is 0.216. The number of nitrogens with zero attached hydrogens (tertiary/aromatic N) is 1. The molecule has 12 heteroatoms. The maximum atomic E-state index is 11.6. The number of benzene rings is 4. The molecule has 1 aromatic heterocycles. The van der Waals surface area contributed by atoms with Gasteiger partial charge in [-0.3, -0.25) is 19.2 Å². The first-order chi connectivity index (χ1) is 28.2. The summed E-state index contributed by atoms with van der Waals surface area (Å²) in [5.41, 5.74) is 11.8. The Morgan fingerprint density at radius 1 is 0.542 bits per heavy atom. The Balaban J connectivity index is 0.000000135. The Hall–Kier alpha value is -5.07. The highest BCUT2D eigenvalue weighted by Gasteiger charge is 2.23. The highest BCUT2D eigenvalue weighted by atomic mass is 79.9. The summed E-state index contributed by atoms with van der Waals surface area (Å²) in [6, 6.07) is 16.9. The zero-order chi connectivity index (χ0) is 42.4. The van der Waals surface area contributed by atoms with Crippen LogP contribution in [0.3, 0.4) is 0 Å². The first-order valence-corrected chi connectivity index (χ1v) is 21.2. The van der Waals surface area contributed by atoms with Gasteiger partial charge < -0.3 is 24.2 Å². The van der Waals surface area contributed by atoms with E-state index in [-0.39, 0.29) is 23.1 Å². The Labute approximate surface area is 360 Å². The number of aryl methyl sites for hydroxylation is 6. The summed E-state index contributed by atoms with van der Waals surface area (Å²) in [4.78, 5) is 45.0. The fourth-order valence-electron chi connectivity index (χ4n) is 7.85. The number of hydrogen-bond acceptors (Lipinski definition) is 10. The van der Waals surface area contributed by atoms with Crippen molar-refractivity contribution in [1.82, 2.24) is 5.16 Å². The van der Waals surface area contributed by atoms with Gasteiger partial charge in [0.15, 0.2) is 0 Å². The molecular formula is C47H47Br2NO9. The quantitative estimate of drug-likeness (QED) is 0.179. The lowest BCUT2D eigenvalue weighted by molar-refractivity contribution is -0.119. The van der Waals surface area contributed by atoms with Crippen LogP contribution in [-0.4, -0.2) is 52.7 Å². The number of phenolic OH excluding ortho intramolecular Hbond substituents is 2. The number of ketones is 4. The van der Waals surface area contributed by atoms with Crippen molar-refractivity contribution in [3.8, 4) is 34.1 Å². The fraction of sp³-hybridized carbons (Fsp3) is 0.340. The maximum Gasteiger partial charge on any atom is 0.141 e. The first-order valence-electron chi connectivity index (χ1n) is 19.6. The molecule has 0 radical (unpaired) electrons. The molecule has 0 unspecified atom stereocenters. The molecule has 0 aliphatic heterocycles. The number of fused-ring (bicyclic) bond motifs is 4. The number of methoxy groups -OCH3 is 2. The molecule has 1 heterocycles. The van der Waals surface area contributed by atoms with Crippen LogP contribution in [0, 0.1) is 13.8 Å². The molecular weight excluding hydrogens is 882 g/mol. The smallest absolute Gasteiger partial charge is 0.141 e. The molecule has 0 saturated carbocycles. The predicted molar refractivity (Wildman–Crippen MR) is 231 cm³/mol. The number of carbonyl (C=O) groups is 4. The van der Waals surface area contributed by atoms with Gasteiger partial charge in [0.1, 0.15) is 51.9 Å². The SMILES string of the molecule is COc1cc2c(cc1-c1c(C)noc1C)CCC(=O)C2.COc1cc2c(cc1Br)CCC(=O)C2.O=C1CCc2cc(Br)c(O)cc2C1.O=C1CCc2ccc(O)cc2C1. The monoisotopic (exact) mass is 927 g/mol. The summed E-state index contributed by atoms with van der Waals surface area (Å²) < 4.78 is 17.6. The van der Waals surface area contributed by atoms with Gasteiger partial charge in [0.05, 0.1) is 34.4 Å². The minimum Gasteiger partial charge on any atom is -0.508 e. The third-order valence-corrected chi connectivity index (χ3v) is 12.3. The third-order valence-electron chi connectivity index (χ3n) is 11.0. The molecule has 0 fully saturated rings. The van der Waals surface area contributed by atoms with Gasteiger partial charge in [-0.15, -0.1) is 0 Å². The van der Waals surface area contributed by atoms with Crippen LogP contribution in [0.2, 0.25) is 0 Å². The molecule has 10 nitrogen and oxygen atoms in total. The van der Waals surface area contributed by atoms with Crippen LogP contribution in [0.1, 0.15) is 81.6 Å². The lowest BCUT2D eigenvalue weighted by Gasteiger charge is -2.18. The lowest BCUT2D eigenvalue weighted by atomic mass is 9.87. The van der Waals surface area contributed by atoms with Crippen LogP contribution in [0.15, 0.2) is 68.1 Å². The highest BCUT2D eigenvalue weighted by molar-refractivity contribution is 9.11. The summed E-state index contributed by atoms with van der Waals surface area (Å²) in [5.74, 6) is 3.98. The van der Waals surface area contributed by atoms with Crippen molar-refractivity contribution in [2.75, 3.05) is 14.2 Å². The topological polar surface area (TPSA) is 153 Å². The molecule has 59 heavy (non-hydrogen) atoms. The van der Waals surface area contributed by atoms with Crippen LogP contribution in [0.5, 0.6) is 23.0 Å². The number of aromatic hydroxyl groups is 2. The predicted octanol–water partition coefficient (Wildman–Crippen LogP) is 9.20. The van der Waals surface area contributed by atoms with E-state index in [1.54, 1.807) is 32.4 Å². The first kappa shape index (κ1) is 43.5. The number of ether oxygens (including phenoxy) is 2. The van der Waals surface area contributed by atoms with E-state index >= 15 is 0 Å². The van der Waals surface area contributed by atoms with Crippen molar-refractivity contribution in [3.05, 3.63) is 120 Å². The molecule has 0 amide bonds. The standard InChI is InChI=1S/C16H17NO3.C11H11BrO2.C10H9BrO2.C10H10O2/c1-9-16(10(2)20-17-9)14-7-11-4-5-13(18)6-12(11)8-15(14)19-3;1-14-11-6-8-4-9(13)3-2-7(8)5-10(11)12;11-9-4-6-1-2-8(12)3-7(6)5-10(9)13;11-9-3-1-7-2-4-10(12)6-8(7)5-9/h7-8H,4-6H2,1-3H3;5-6H,2-4H2,1H3;4-5,13H,1-3H2;1,3,5,11H,2,4,6H2. The van der Waals surface area contributed by atoms with Gasteiger partial charge in [0.2, 0.25) is 0 Å². The summed E-state index contributed by atoms with van der Waals surface area (Å²) in [6.45, 7) is 3.83. The molecule has 5 aromatic rings. The van der Waals surface area contributed by atoms with E-state index in [0.717, 1.165) is 86.5 Å². The van der Waals surface area contributed by atoms with Gasteiger partial charge in [-0.2, -0.15) is 0 Å². The molecule has 0 spiro atoms. The van der Waals surface area contributed by atoms with Crippen molar-refractivity contribution in [2.24, 2.45) is 0 Å². The molecule has 4 aliphatic rings. The van der Waals surface area contributed by atoms with Gasteiger partial charge in [-0.25, -0.2) is 0 Å². The second-order valence-corrected chi connectivity index (χ2v) is 16.9. The Kier molecular flexibility index (Phi) is 14.3. The number of rotatable bonds is 3. The number of phenols is 2. The van der Waals surface area contributed by atoms with E-state index in [2.05, 4.69) is 49.1 Å². The summed E-state index contributed by atoms with van der Waals surface area (Å²) in [5, 5.41) is 22.6. The van der Waals surface area contributed by atoms with E-state index in [1.165, 1.54) is 22.3 Å². The average molecular weight is 930 g/mol.